The molecule has 0 bridgehead atoms. The summed E-state index contributed by atoms with van der Waals surface area (Å²) < 4.78 is 38.5. The number of hydrogen-bond donors (Lipinski definition) is 0. The Kier molecular flexibility index (Phi) is 3.79. The Morgan fingerprint density at radius 2 is 1.76 bits per heavy atom. The Bertz CT molecular complexity index is 662. The average Bonchev–Trinajstić information content (AvgIpc) is 2.89. The van der Waals surface area contributed by atoms with Crippen LogP contribution in [-0.4, -0.2) is 20.5 Å². The molecule has 21 heavy (non-hydrogen) atoms. The largest absolute Gasteiger partial charge is 0.453 e. The molecule has 1 aromatic carbocycles. The molecule has 0 N–H and O–H groups in total. The van der Waals surface area contributed by atoms with Gasteiger partial charge in [0.2, 0.25) is 0 Å². The normalized spacial score (nSPS) is 12.5. The fourth-order valence-electron chi connectivity index (χ4n) is 1.72. The third-order valence-corrected chi connectivity index (χ3v) is 3.23. The number of carbonyl (C=O) groups excluding carboxylic acids is 1. The molecule has 0 atom stereocenters. The minimum absolute atomic E-state index is 0.327. The standard InChI is InChI=1S/C13H11ClF3N3O/c1-12(2,10(21)8-3-5-9(14)6-4-8)20-7-18-11(19-20)13(15,16)17/h3-7H,1-2H3. The van der Waals surface area contributed by atoms with Gasteiger partial charge in [0.15, 0.2) is 5.78 Å². The number of hydrogen-bond acceptors (Lipinski definition) is 3. The lowest BCUT2D eigenvalue weighted by Crippen LogP contribution is -2.36. The van der Waals surface area contributed by atoms with Crippen LogP contribution in [0.5, 0.6) is 0 Å². The maximum absolute atomic E-state index is 12.5. The SMILES string of the molecule is CC(C)(C(=O)c1ccc(Cl)cc1)n1cnc(C(F)(F)F)n1. The molecule has 1 heterocycles. The number of Topliss-reactive ketones (excluding diaryl/α,β-unsaturated/α-hetero) is 1. The smallest absolute Gasteiger partial charge is 0.291 e. The number of halogens is 4. The zero-order chi connectivity index (χ0) is 15.8. The first-order chi connectivity index (χ1) is 9.62. The van der Waals surface area contributed by atoms with Gasteiger partial charge in [-0.2, -0.15) is 13.2 Å². The third-order valence-electron chi connectivity index (χ3n) is 2.98. The van der Waals surface area contributed by atoms with Crippen molar-refractivity contribution in [1.29, 1.82) is 0 Å². The molecule has 0 aliphatic rings. The first-order valence-corrected chi connectivity index (χ1v) is 6.30. The molecule has 0 amide bonds. The van der Waals surface area contributed by atoms with E-state index in [9.17, 15) is 18.0 Å². The van der Waals surface area contributed by atoms with Crippen molar-refractivity contribution in [2.24, 2.45) is 0 Å². The van der Waals surface area contributed by atoms with Gasteiger partial charge in [-0.1, -0.05) is 11.6 Å². The second kappa shape index (κ2) is 5.14. The minimum Gasteiger partial charge on any atom is -0.291 e. The predicted octanol–water partition coefficient (Wildman–Crippen LogP) is 3.57. The summed E-state index contributed by atoms with van der Waals surface area (Å²) in [4.78, 5) is 15.6. The molecule has 0 radical (unpaired) electrons. The van der Waals surface area contributed by atoms with E-state index in [0.29, 0.717) is 10.6 Å². The minimum atomic E-state index is -4.65. The summed E-state index contributed by atoms with van der Waals surface area (Å²) in [7, 11) is 0. The number of alkyl halides is 3. The molecule has 8 heteroatoms. The van der Waals surface area contributed by atoms with E-state index in [1.807, 2.05) is 0 Å². The van der Waals surface area contributed by atoms with Gasteiger partial charge in [-0.15, -0.1) is 5.10 Å². The van der Waals surface area contributed by atoms with Crippen molar-refractivity contribution in [1.82, 2.24) is 14.8 Å². The van der Waals surface area contributed by atoms with E-state index >= 15 is 0 Å². The summed E-state index contributed by atoms with van der Waals surface area (Å²) in [5.74, 6) is -1.67. The molecule has 0 aliphatic heterocycles. The highest BCUT2D eigenvalue weighted by molar-refractivity contribution is 6.30. The van der Waals surface area contributed by atoms with Gasteiger partial charge in [-0.3, -0.25) is 4.79 Å². The summed E-state index contributed by atoms with van der Waals surface area (Å²) >= 11 is 5.74. The number of rotatable bonds is 3. The van der Waals surface area contributed by atoms with E-state index in [-0.39, 0.29) is 0 Å². The molecule has 1 aromatic heterocycles. The van der Waals surface area contributed by atoms with Gasteiger partial charge < -0.3 is 0 Å². The Morgan fingerprint density at radius 3 is 2.24 bits per heavy atom. The Morgan fingerprint density at radius 1 is 1.19 bits per heavy atom. The summed E-state index contributed by atoms with van der Waals surface area (Å²) in [5, 5.41) is 3.81. The Balaban J connectivity index is 2.35. The molecule has 0 spiro atoms. The first kappa shape index (κ1) is 15.5. The zero-order valence-corrected chi connectivity index (χ0v) is 11.9. The van der Waals surface area contributed by atoms with E-state index < -0.39 is 23.3 Å². The van der Waals surface area contributed by atoms with Gasteiger partial charge in [-0.25, -0.2) is 9.67 Å². The van der Waals surface area contributed by atoms with Crippen LogP contribution in [0.2, 0.25) is 5.02 Å². The lowest BCUT2D eigenvalue weighted by atomic mass is 9.93. The molecule has 0 fully saturated rings. The average molecular weight is 318 g/mol. The van der Waals surface area contributed by atoms with Crippen LogP contribution < -0.4 is 0 Å². The number of benzene rings is 1. The van der Waals surface area contributed by atoms with Crippen molar-refractivity contribution in [2.45, 2.75) is 25.6 Å². The molecule has 0 saturated heterocycles. The van der Waals surface area contributed by atoms with E-state index in [0.717, 1.165) is 11.0 Å². The van der Waals surface area contributed by atoms with Gasteiger partial charge in [-0.05, 0) is 38.1 Å². The van der Waals surface area contributed by atoms with Crippen molar-refractivity contribution < 1.29 is 18.0 Å². The van der Waals surface area contributed by atoms with Crippen LogP contribution in [-0.2, 0) is 11.7 Å². The predicted molar refractivity (Wildman–Crippen MR) is 70.1 cm³/mol. The number of nitrogens with zero attached hydrogens (tertiary/aromatic N) is 3. The monoisotopic (exact) mass is 317 g/mol. The molecule has 2 aromatic rings. The van der Waals surface area contributed by atoms with E-state index in [4.69, 9.17) is 11.6 Å². The fraction of sp³-hybridized carbons (Fsp3) is 0.308. The lowest BCUT2D eigenvalue weighted by Gasteiger charge is -2.23. The lowest BCUT2D eigenvalue weighted by molar-refractivity contribution is -0.145. The molecular weight excluding hydrogens is 307 g/mol. The molecule has 4 nitrogen and oxygen atoms in total. The van der Waals surface area contributed by atoms with Crippen LogP contribution in [0.25, 0.3) is 0 Å². The van der Waals surface area contributed by atoms with Crippen molar-refractivity contribution >= 4 is 17.4 Å². The van der Waals surface area contributed by atoms with Gasteiger partial charge in [0, 0.05) is 10.6 Å². The summed E-state index contributed by atoms with van der Waals surface area (Å²) in [5.41, 5.74) is -0.974. The van der Waals surface area contributed by atoms with Gasteiger partial charge >= 0.3 is 6.18 Å². The molecule has 2 rings (SSSR count). The Hall–Kier alpha value is -1.89. The first-order valence-electron chi connectivity index (χ1n) is 5.92. The topological polar surface area (TPSA) is 47.8 Å². The van der Waals surface area contributed by atoms with Crippen molar-refractivity contribution in [3.05, 3.63) is 47.0 Å². The number of aromatic nitrogens is 3. The summed E-state index contributed by atoms with van der Waals surface area (Å²) in [6.07, 6.45) is -3.75. The van der Waals surface area contributed by atoms with Crippen LogP contribution in [0, 0.1) is 0 Å². The quantitative estimate of drug-likeness (QED) is 0.813. The van der Waals surface area contributed by atoms with Crippen LogP contribution in [0.4, 0.5) is 13.2 Å². The van der Waals surface area contributed by atoms with Crippen molar-refractivity contribution in [3.8, 4) is 0 Å². The maximum atomic E-state index is 12.5. The van der Waals surface area contributed by atoms with Gasteiger partial charge in [0.1, 0.15) is 11.9 Å². The maximum Gasteiger partial charge on any atom is 0.453 e. The Labute approximate surface area is 123 Å². The highest BCUT2D eigenvalue weighted by atomic mass is 35.5. The third kappa shape index (κ3) is 3.07. The molecular formula is C13H11ClF3N3O. The van der Waals surface area contributed by atoms with E-state index in [2.05, 4.69) is 10.1 Å². The van der Waals surface area contributed by atoms with Crippen LogP contribution in [0.1, 0.15) is 30.0 Å². The van der Waals surface area contributed by atoms with Crippen molar-refractivity contribution in [3.63, 3.8) is 0 Å². The second-order valence-corrected chi connectivity index (χ2v) is 5.34. The van der Waals surface area contributed by atoms with E-state index in [1.54, 1.807) is 0 Å². The zero-order valence-electron chi connectivity index (χ0n) is 11.1. The highest BCUT2D eigenvalue weighted by Gasteiger charge is 2.39. The summed E-state index contributed by atoms with van der Waals surface area (Å²) in [6, 6.07) is 6.09. The molecule has 0 unspecified atom stereocenters. The highest BCUT2D eigenvalue weighted by Crippen LogP contribution is 2.28. The molecule has 0 saturated carbocycles. The number of carbonyl (C=O) groups is 1. The van der Waals surface area contributed by atoms with Gasteiger partial charge in [0.05, 0.1) is 0 Å². The van der Waals surface area contributed by atoms with Crippen molar-refractivity contribution in [2.75, 3.05) is 0 Å². The second-order valence-electron chi connectivity index (χ2n) is 4.91. The van der Waals surface area contributed by atoms with E-state index in [1.165, 1.54) is 38.1 Å². The molecule has 0 aliphatic carbocycles. The number of ketones is 1. The molecule has 112 valence electrons. The van der Waals surface area contributed by atoms with Crippen LogP contribution in [0.3, 0.4) is 0 Å². The van der Waals surface area contributed by atoms with Crippen LogP contribution >= 0.6 is 11.6 Å². The van der Waals surface area contributed by atoms with Gasteiger partial charge in [0.25, 0.3) is 5.82 Å². The fourth-order valence-corrected chi connectivity index (χ4v) is 1.85. The summed E-state index contributed by atoms with van der Waals surface area (Å²) in [6.45, 7) is 2.94. The van der Waals surface area contributed by atoms with Crippen LogP contribution in [0.15, 0.2) is 30.6 Å².